The van der Waals surface area contributed by atoms with E-state index in [4.69, 9.17) is 0 Å². The number of halogens is 1. The molecule has 0 bridgehead atoms. The van der Waals surface area contributed by atoms with Crippen molar-refractivity contribution in [1.82, 2.24) is 10.3 Å². The Hall–Kier alpha value is -1.73. The Kier molecular flexibility index (Phi) is 5.46. The van der Waals surface area contributed by atoms with Gasteiger partial charge in [0.1, 0.15) is 5.01 Å². The number of thiazole rings is 1. The van der Waals surface area contributed by atoms with E-state index < -0.39 is 5.97 Å². The summed E-state index contributed by atoms with van der Waals surface area (Å²) in [5.41, 5.74) is 1.42. The topological polar surface area (TPSA) is 82.1 Å². The zero-order valence-corrected chi connectivity index (χ0v) is 13.4. The van der Waals surface area contributed by atoms with Gasteiger partial charge in [-0.2, -0.15) is 0 Å². The average molecular weight is 368 g/mol. The molecule has 21 heavy (non-hydrogen) atoms. The Bertz CT molecular complexity index is 657. The molecule has 1 heterocycles. The largest absolute Gasteiger partial charge is 0.550 e. The maximum atomic E-state index is 11.8. The second-order valence-corrected chi connectivity index (χ2v) is 6.22. The summed E-state index contributed by atoms with van der Waals surface area (Å²) in [6.07, 6.45) is -0.0815. The zero-order chi connectivity index (χ0) is 15.2. The SMILES string of the molecule is O=C([O-])Cc1csc(CC(=O)NCc2cccc(Br)c2)n1. The lowest BCUT2D eigenvalue weighted by Gasteiger charge is -2.04. The third-order valence-corrected chi connectivity index (χ3v) is 4.01. The number of amides is 1. The molecule has 0 aliphatic carbocycles. The highest BCUT2D eigenvalue weighted by atomic mass is 79.9. The molecule has 7 heteroatoms. The van der Waals surface area contributed by atoms with Gasteiger partial charge in [0.15, 0.2) is 0 Å². The quantitative estimate of drug-likeness (QED) is 0.827. The first-order valence-corrected chi connectivity index (χ1v) is 7.84. The number of rotatable bonds is 6. The van der Waals surface area contributed by atoms with Gasteiger partial charge in [-0.15, -0.1) is 11.3 Å². The molecular weight excluding hydrogens is 356 g/mol. The maximum Gasteiger partial charge on any atom is 0.227 e. The van der Waals surface area contributed by atoms with Gasteiger partial charge in [-0.3, -0.25) is 4.79 Å². The van der Waals surface area contributed by atoms with E-state index in [9.17, 15) is 14.7 Å². The van der Waals surface area contributed by atoms with Crippen LogP contribution in [0.2, 0.25) is 0 Å². The maximum absolute atomic E-state index is 11.8. The van der Waals surface area contributed by atoms with E-state index in [1.807, 2.05) is 24.3 Å². The number of nitrogens with zero attached hydrogens (tertiary/aromatic N) is 1. The summed E-state index contributed by atoms with van der Waals surface area (Å²) in [7, 11) is 0. The fourth-order valence-corrected chi connectivity index (χ4v) is 2.95. The zero-order valence-electron chi connectivity index (χ0n) is 11.0. The van der Waals surface area contributed by atoms with Crippen molar-refractivity contribution in [3.8, 4) is 0 Å². The van der Waals surface area contributed by atoms with Crippen molar-refractivity contribution in [2.75, 3.05) is 0 Å². The third-order valence-electron chi connectivity index (χ3n) is 2.62. The Balaban J connectivity index is 1.84. The molecule has 0 saturated heterocycles. The Morgan fingerprint density at radius 3 is 2.86 bits per heavy atom. The van der Waals surface area contributed by atoms with E-state index in [-0.39, 0.29) is 18.7 Å². The first kappa shape index (κ1) is 15.7. The first-order valence-electron chi connectivity index (χ1n) is 6.17. The Morgan fingerprint density at radius 2 is 2.14 bits per heavy atom. The van der Waals surface area contributed by atoms with Gasteiger partial charge in [-0.1, -0.05) is 28.1 Å². The van der Waals surface area contributed by atoms with Crippen molar-refractivity contribution in [3.63, 3.8) is 0 Å². The molecule has 2 aromatic rings. The van der Waals surface area contributed by atoms with E-state index in [1.165, 1.54) is 11.3 Å². The van der Waals surface area contributed by atoms with Gasteiger partial charge >= 0.3 is 0 Å². The monoisotopic (exact) mass is 367 g/mol. The molecule has 0 unspecified atom stereocenters. The van der Waals surface area contributed by atoms with Crippen LogP contribution in [0.3, 0.4) is 0 Å². The highest BCUT2D eigenvalue weighted by Crippen LogP contribution is 2.12. The summed E-state index contributed by atoms with van der Waals surface area (Å²) in [4.78, 5) is 26.4. The van der Waals surface area contributed by atoms with Crippen LogP contribution in [0.1, 0.15) is 16.3 Å². The fourth-order valence-electron chi connectivity index (χ4n) is 1.71. The van der Waals surface area contributed by atoms with Crippen molar-refractivity contribution in [2.24, 2.45) is 0 Å². The van der Waals surface area contributed by atoms with Crippen molar-refractivity contribution < 1.29 is 14.7 Å². The average Bonchev–Trinajstić information content (AvgIpc) is 2.83. The van der Waals surface area contributed by atoms with Crippen LogP contribution in [0.5, 0.6) is 0 Å². The molecule has 0 radical (unpaired) electrons. The van der Waals surface area contributed by atoms with E-state index in [2.05, 4.69) is 26.2 Å². The smallest absolute Gasteiger partial charge is 0.227 e. The van der Waals surface area contributed by atoms with Crippen LogP contribution in [0.4, 0.5) is 0 Å². The molecule has 0 saturated carbocycles. The standard InChI is InChI=1S/C14H13BrN2O3S/c15-10-3-1-2-9(4-10)7-16-12(18)6-13-17-11(8-21-13)5-14(19)20/h1-4,8H,5-7H2,(H,16,18)(H,19,20)/p-1. The molecule has 0 aliphatic heterocycles. The summed E-state index contributed by atoms with van der Waals surface area (Å²) < 4.78 is 0.959. The van der Waals surface area contributed by atoms with Gasteiger partial charge in [0.25, 0.3) is 0 Å². The van der Waals surface area contributed by atoms with Crippen LogP contribution in [-0.2, 0) is 29.0 Å². The summed E-state index contributed by atoms with van der Waals surface area (Å²) in [5, 5.41) is 15.5. The number of aromatic nitrogens is 1. The van der Waals surface area contributed by atoms with Crippen LogP contribution < -0.4 is 10.4 Å². The van der Waals surface area contributed by atoms with E-state index in [0.717, 1.165) is 10.0 Å². The highest BCUT2D eigenvalue weighted by Gasteiger charge is 2.08. The van der Waals surface area contributed by atoms with Crippen molar-refractivity contribution in [1.29, 1.82) is 0 Å². The number of hydrogen-bond acceptors (Lipinski definition) is 5. The second-order valence-electron chi connectivity index (χ2n) is 4.36. The summed E-state index contributed by atoms with van der Waals surface area (Å²) >= 11 is 4.64. The van der Waals surface area contributed by atoms with Crippen molar-refractivity contribution >= 4 is 39.1 Å². The molecule has 5 nitrogen and oxygen atoms in total. The molecule has 1 aromatic carbocycles. The predicted molar refractivity (Wildman–Crippen MR) is 80.5 cm³/mol. The Labute approximate surface area is 134 Å². The van der Waals surface area contributed by atoms with Crippen molar-refractivity contribution in [2.45, 2.75) is 19.4 Å². The number of carbonyl (C=O) groups is 2. The fraction of sp³-hybridized carbons (Fsp3) is 0.214. The number of nitrogens with one attached hydrogen (secondary N) is 1. The van der Waals surface area contributed by atoms with Gasteiger partial charge in [0, 0.05) is 28.8 Å². The van der Waals surface area contributed by atoms with E-state index in [1.54, 1.807) is 5.38 Å². The van der Waals surface area contributed by atoms with Gasteiger partial charge in [-0.25, -0.2) is 4.98 Å². The summed E-state index contributed by atoms with van der Waals surface area (Å²) in [6, 6.07) is 7.67. The lowest BCUT2D eigenvalue weighted by Crippen LogP contribution is -2.25. The van der Waals surface area contributed by atoms with Crippen LogP contribution in [0, 0.1) is 0 Å². The number of carbonyl (C=O) groups excluding carboxylic acids is 2. The third kappa shape index (κ3) is 5.28. The van der Waals surface area contributed by atoms with Gasteiger partial charge in [0.2, 0.25) is 5.91 Å². The lowest BCUT2D eigenvalue weighted by molar-refractivity contribution is -0.304. The van der Waals surface area contributed by atoms with Crippen LogP contribution >= 0.6 is 27.3 Å². The number of carboxylic acids is 1. The van der Waals surface area contributed by atoms with Gasteiger partial charge in [0.05, 0.1) is 12.1 Å². The van der Waals surface area contributed by atoms with Crippen LogP contribution in [-0.4, -0.2) is 16.9 Å². The summed E-state index contributed by atoms with van der Waals surface area (Å²) in [6.45, 7) is 0.440. The molecule has 0 spiro atoms. The predicted octanol–water partition coefficient (Wildman–Crippen LogP) is 1.06. The van der Waals surface area contributed by atoms with Gasteiger partial charge in [-0.05, 0) is 17.7 Å². The van der Waals surface area contributed by atoms with Crippen molar-refractivity contribution in [3.05, 3.63) is 50.4 Å². The molecule has 110 valence electrons. The number of hydrogen-bond donors (Lipinski definition) is 1. The Morgan fingerprint density at radius 1 is 1.33 bits per heavy atom. The second kappa shape index (κ2) is 7.33. The number of carboxylic acid groups (broad SMARTS) is 1. The molecular formula is C14H12BrN2O3S-. The minimum Gasteiger partial charge on any atom is -0.550 e. The highest BCUT2D eigenvalue weighted by molar-refractivity contribution is 9.10. The molecule has 0 fully saturated rings. The minimum absolute atomic E-state index is 0.145. The molecule has 1 aromatic heterocycles. The first-order chi connectivity index (χ1) is 10.0. The summed E-state index contributed by atoms with van der Waals surface area (Å²) in [5.74, 6) is -1.32. The van der Waals surface area contributed by atoms with E-state index >= 15 is 0 Å². The molecule has 1 N–H and O–H groups in total. The van der Waals surface area contributed by atoms with Crippen LogP contribution in [0.25, 0.3) is 0 Å². The minimum atomic E-state index is -1.18. The van der Waals surface area contributed by atoms with Gasteiger partial charge < -0.3 is 15.2 Å². The lowest BCUT2D eigenvalue weighted by atomic mass is 10.2. The van der Waals surface area contributed by atoms with E-state index in [0.29, 0.717) is 17.2 Å². The number of aliphatic carboxylic acids is 1. The molecule has 1 amide bonds. The molecule has 0 atom stereocenters. The number of benzene rings is 1. The molecule has 2 rings (SSSR count). The van der Waals surface area contributed by atoms with Crippen LogP contribution in [0.15, 0.2) is 34.1 Å². The molecule has 0 aliphatic rings. The normalized spacial score (nSPS) is 10.3.